The van der Waals surface area contributed by atoms with Crippen molar-refractivity contribution in [1.29, 1.82) is 0 Å². The Bertz CT molecular complexity index is 1410. The predicted octanol–water partition coefficient (Wildman–Crippen LogP) is 3.53. The van der Waals surface area contributed by atoms with Crippen molar-refractivity contribution >= 4 is 28.8 Å². The van der Waals surface area contributed by atoms with Crippen LogP contribution in [0.2, 0.25) is 5.15 Å². The Morgan fingerprint density at radius 3 is 2.61 bits per heavy atom. The molecule has 2 aliphatic carbocycles. The molecular formula is C20H14ClF3N8O. The van der Waals surface area contributed by atoms with Crippen LogP contribution in [0.15, 0.2) is 36.9 Å². The number of hydrogen-bond donors (Lipinski definition) is 1. The maximum atomic E-state index is 13.7. The van der Waals surface area contributed by atoms with Crippen LogP contribution in [-0.2, 0) is 16.4 Å². The summed E-state index contributed by atoms with van der Waals surface area (Å²) in [7, 11) is 0. The molecule has 1 amide bonds. The quantitative estimate of drug-likeness (QED) is 0.487. The van der Waals surface area contributed by atoms with Crippen LogP contribution >= 0.6 is 11.6 Å². The van der Waals surface area contributed by atoms with E-state index in [2.05, 4.69) is 30.6 Å². The Balaban J connectivity index is 1.35. The molecule has 0 aliphatic heterocycles. The fourth-order valence-corrected chi connectivity index (χ4v) is 4.75. The molecule has 0 saturated heterocycles. The van der Waals surface area contributed by atoms with Gasteiger partial charge < -0.3 is 5.32 Å². The molecule has 1 fully saturated rings. The van der Waals surface area contributed by atoms with E-state index in [1.54, 1.807) is 16.8 Å². The maximum Gasteiger partial charge on any atom is 0.420 e. The number of rotatable bonds is 3. The Morgan fingerprint density at radius 2 is 1.91 bits per heavy atom. The number of pyridine rings is 1. The number of halogens is 4. The van der Waals surface area contributed by atoms with Gasteiger partial charge in [0, 0.05) is 23.2 Å². The summed E-state index contributed by atoms with van der Waals surface area (Å²) in [6.45, 7) is 0. The highest BCUT2D eigenvalue weighted by atomic mass is 35.5. The number of nitrogens with zero attached hydrogens (tertiary/aromatic N) is 7. The molecule has 0 radical (unpaired) electrons. The van der Waals surface area contributed by atoms with Crippen molar-refractivity contribution in [3.8, 4) is 5.82 Å². The van der Waals surface area contributed by atoms with Crippen molar-refractivity contribution in [2.75, 3.05) is 5.32 Å². The first-order valence-corrected chi connectivity index (χ1v) is 10.4. The number of hydrogen-bond acceptors (Lipinski definition) is 6. The van der Waals surface area contributed by atoms with Crippen LogP contribution in [0.1, 0.15) is 42.0 Å². The Morgan fingerprint density at radius 1 is 1.15 bits per heavy atom. The van der Waals surface area contributed by atoms with Crippen LogP contribution < -0.4 is 5.32 Å². The van der Waals surface area contributed by atoms with Gasteiger partial charge in [0.05, 0.1) is 35.9 Å². The highest BCUT2D eigenvalue weighted by Gasteiger charge is 2.56. The van der Waals surface area contributed by atoms with E-state index in [1.807, 2.05) is 0 Å². The lowest BCUT2D eigenvalue weighted by Gasteiger charge is -2.15. The molecule has 168 valence electrons. The Kier molecular flexibility index (Phi) is 4.10. The molecular weight excluding hydrogens is 461 g/mol. The monoisotopic (exact) mass is 474 g/mol. The summed E-state index contributed by atoms with van der Waals surface area (Å²) in [5.41, 5.74) is 0.869. The molecule has 4 aromatic heterocycles. The normalized spacial score (nSPS) is 18.6. The van der Waals surface area contributed by atoms with Crippen molar-refractivity contribution in [1.82, 2.24) is 34.6 Å². The third-order valence-corrected chi connectivity index (χ3v) is 6.36. The van der Waals surface area contributed by atoms with Crippen molar-refractivity contribution in [3.05, 3.63) is 58.9 Å². The lowest BCUT2D eigenvalue weighted by molar-refractivity contribution is -0.137. The van der Waals surface area contributed by atoms with E-state index in [4.69, 9.17) is 11.6 Å². The van der Waals surface area contributed by atoms with E-state index in [-0.39, 0.29) is 11.1 Å². The predicted molar refractivity (Wildman–Crippen MR) is 109 cm³/mol. The van der Waals surface area contributed by atoms with Crippen molar-refractivity contribution in [3.63, 3.8) is 0 Å². The molecule has 4 aromatic rings. The minimum absolute atomic E-state index is 0.0716. The zero-order valence-corrected chi connectivity index (χ0v) is 17.5. The number of anilines is 1. The first-order chi connectivity index (χ1) is 15.7. The molecule has 1 saturated carbocycles. The Hall–Kier alpha value is -3.54. The standard InChI is InChI=1S/C20H14ClF3N8O/c21-14-6-15-25-9-12-11(7-19(1-2-19)16(12)31(15)30-14)18(33)29-10-5-13(20(22,23)24)17(26-8-10)32-27-3-4-28-32/h3-6,8-9,11H,1-2,7H2,(H,29,33)/t11-/m0/s1. The fourth-order valence-electron chi connectivity index (χ4n) is 4.58. The van der Waals surface area contributed by atoms with Gasteiger partial charge in [-0.2, -0.15) is 28.5 Å². The summed E-state index contributed by atoms with van der Waals surface area (Å²) < 4.78 is 42.7. The molecule has 9 nitrogen and oxygen atoms in total. The van der Waals surface area contributed by atoms with Gasteiger partial charge in [-0.25, -0.2) is 14.5 Å². The van der Waals surface area contributed by atoms with Crippen LogP contribution in [0.3, 0.4) is 0 Å². The van der Waals surface area contributed by atoms with E-state index in [9.17, 15) is 18.0 Å². The first kappa shape index (κ1) is 20.1. The largest absolute Gasteiger partial charge is 0.420 e. The number of fused-ring (bicyclic) bond motifs is 4. The number of nitrogens with one attached hydrogen (secondary N) is 1. The van der Waals surface area contributed by atoms with Gasteiger partial charge in [-0.15, -0.1) is 4.80 Å². The third-order valence-electron chi connectivity index (χ3n) is 6.17. The summed E-state index contributed by atoms with van der Waals surface area (Å²) in [5.74, 6) is -1.49. The lowest BCUT2D eigenvalue weighted by atomic mass is 9.99. The maximum absolute atomic E-state index is 13.7. The van der Waals surface area contributed by atoms with Gasteiger partial charge in [0.25, 0.3) is 0 Å². The number of carbonyl (C=O) groups excluding carboxylic acids is 1. The molecule has 13 heteroatoms. The zero-order chi connectivity index (χ0) is 23.0. The molecule has 4 heterocycles. The molecule has 1 spiro atoms. The van der Waals surface area contributed by atoms with Crippen LogP contribution in [0.25, 0.3) is 11.5 Å². The molecule has 6 rings (SSSR count). The van der Waals surface area contributed by atoms with Crippen molar-refractivity contribution in [2.45, 2.75) is 36.8 Å². The van der Waals surface area contributed by atoms with Gasteiger partial charge in [-0.3, -0.25) is 4.79 Å². The first-order valence-electron chi connectivity index (χ1n) is 10.0. The van der Waals surface area contributed by atoms with Gasteiger partial charge in [0.2, 0.25) is 5.91 Å². The summed E-state index contributed by atoms with van der Waals surface area (Å²) in [6.07, 6.45) is 2.89. The van der Waals surface area contributed by atoms with Gasteiger partial charge >= 0.3 is 6.18 Å². The second-order valence-corrected chi connectivity index (χ2v) is 8.62. The highest BCUT2D eigenvalue weighted by Crippen LogP contribution is 2.60. The van der Waals surface area contributed by atoms with Crippen molar-refractivity contribution < 1.29 is 18.0 Å². The molecule has 0 aromatic carbocycles. The van der Waals surface area contributed by atoms with E-state index < -0.39 is 29.4 Å². The minimum Gasteiger partial charge on any atom is -0.324 e. The second kappa shape index (κ2) is 6.73. The smallest absolute Gasteiger partial charge is 0.324 e. The van der Waals surface area contributed by atoms with Gasteiger partial charge in [-0.1, -0.05) is 11.6 Å². The fraction of sp³-hybridized carbons (Fsp3) is 0.300. The van der Waals surface area contributed by atoms with Gasteiger partial charge in [0.1, 0.15) is 5.56 Å². The zero-order valence-electron chi connectivity index (χ0n) is 16.7. The van der Waals surface area contributed by atoms with Crippen LogP contribution in [0, 0.1) is 0 Å². The SMILES string of the molecule is O=C(Nc1cnc(-n2nccn2)c(C(F)(F)F)c1)[C@H]1CC2(CC2)c2c1cnc1cc(Cl)nn21. The number of carbonyl (C=O) groups is 1. The highest BCUT2D eigenvalue weighted by molar-refractivity contribution is 6.29. The molecule has 1 atom stereocenters. The minimum atomic E-state index is -4.72. The average Bonchev–Trinajstić information content (AvgIpc) is 3.10. The van der Waals surface area contributed by atoms with Gasteiger partial charge in [0.15, 0.2) is 16.6 Å². The summed E-state index contributed by atoms with van der Waals surface area (Å²) in [6, 6.07) is 2.48. The molecule has 0 bridgehead atoms. The second-order valence-electron chi connectivity index (χ2n) is 8.24. The van der Waals surface area contributed by atoms with Crippen LogP contribution in [0.5, 0.6) is 0 Å². The van der Waals surface area contributed by atoms with Crippen LogP contribution in [-0.4, -0.2) is 40.5 Å². The Labute approximate surface area is 188 Å². The van der Waals surface area contributed by atoms with E-state index >= 15 is 0 Å². The van der Waals surface area contributed by atoms with Crippen molar-refractivity contribution in [2.24, 2.45) is 0 Å². The van der Waals surface area contributed by atoms with Crippen LogP contribution in [0.4, 0.5) is 18.9 Å². The molecule has 1 N–H and O–H groups in total. The molecule has 33 heavy (non-hydrogen) atoms. The average molecular weight is 475 g/mol. The van der Waals surface area contributed by atoms with E-state index in [0.717, 1.165) is 35.6 Å². The van der Waals surface area contributed by atoms with E-state index in [1.165, 1.54) is 12.4 Å². The summed E-state index contributed by atoms with van der Waals surface area (Å²) >= 11 is 6.05. The number of alkyl halides is 3. The number of amides is 1. The summed E-state index contributed by atoms with van der Waals surface area (Å²) in [5, 5.41) is 14.6. The topological polar surface area (TPSA) is 103 Å². The third kappa shape index (κ3) is 3.16. The molecule has 2 aliphatic rings. The summed E-state index contributed by atoms with van der Waals surface area (Å²) in [4.78, 5) is 22.2. The number of aromatic nitrogens is 7. The van der Waals surface area contributed by atoms with E-state index in [0.29, 0.717) is 22.8 Å². The molecule has 0 unspecified atom stereocenters. The lowest BCUT2D eigenvalue weighted by Crippen LogP contribution is -2.21. The van der Waals surface area contributed by atoms with Gasteiger partial charge in [-0.05, 0) is 25.3 Å².